The van der Waals surface area contributed by atoms with Gasteiger partial charge in [-0.3, -0.25) is 9.56 Å². The molecule has 8 rings (SSSR count). The van der Waals surface area contributed by atoms with E-state index < -0.39 is 0 Å². The molecule has 200 valence electrons. The fourth-order valence-corrected chi connectivity index (χ4v) is 6.43. The highest BCUT2D eigenvalue weighted by Crippen LogP contribution is 2.50. The minimum Gasteiger partial charge on any atom is -0.315 e. The van der Waals surface area contributed by atoms with Crippen LogP contribution in [0.4, 0.5) is 0 Å². The van der Waals surface area contributed by atoms with E-state index >= 15 is 0 Å². The molecule has 0 bridgehead atoms. The molecule has 1 aliphatic heterocycles. The lowest BCUT2D eigenvalue weighted by Crippen LogP contribution is -2.12. The summed E-state index contributed by atoms with van der Waals surface area (Å²) in [5.41, 5.74) is 9.27. The molecule has 3 aromatic heterocycles. The summed E-state index contributed by atoms with van der Waals surface area (Å²) >= 11 is 0. The monoisotopic (exact) mass is 540 g/mol. The predicted octanol–water partition coefficient (Wildman–Crippen LogP) is 9.51. The quantitative estimate of drug-likeness (QED) is 0.214. The summed E-state index contributed by atoms with van der Waals surface area (Å²) in [6, 6.07) is 45.1. The molecule has 0 fully saturated rings. The van der Waals surface area contributed by atoms with Crippen molar-refractivity contribution in [2.45, 2.75) is 12.6 Å². The van der Waals surface area contributed by atoms with Crippen molar-refractivity contribution in [3.63, 3.8) is 0 Å². The van der Waals surface area contributed by atoms with Gasteiger partial charge in [0.15, 0.2) is 0 Å². The lowest BCUT2D eigenvalue weighted by atomic mass is 9.95. The molecule has 0 N–H and O–H groups in total. The molecule has 4 heteroatoms. The Morgan fingerprint density at radius 1 is 0.571 bits per heavy atom. The maximum atomic E-state index is 5.03. The summed E-state index contributed by atoms with van der Waals surface area (Å²) in [7, 11) is 0. The van der Waals surface area contributed by atoms with Gasteiger partial charge < -0.3 is 4.57 Å². The molecule has 4 nitrogen and oxygen atoms in total. The second kappa shape index (κ2) is 10.2. The van der Waals surface area contributed by atoms with Crippen molar-refractivity contribution in [3.05, 3.63) is 146 Å². The summed E-state index contributed by atoms with van der Waals surface area (Å²) in [5, 5.41) is 2.40. The molecular weight excluding hydrogens is 512 g/mol. The fraction of sp³-hybridized carbons (Fsp3) is 0.0526. The van der Waals surface area contributed by atoms with E-state index in [0.29, 0.717) is 0 Å². The van der Waals surface area contributed by atoms with Crippen LogP contribution in [-0.4, -0.2) is 20.3 Å². The third-order valence-corrected chi connectivity index (χ3v) is 8.14. The van der Waals surface area contributed by atoms with Gasteiger partial charge in [-0.15, -0.1) is 0 Å². The molecule has 0 saturated heterocycles. The van der Waals surface area contributed by atoms with Gasteiger partial charge in [-0.2, -0.15) is 0 Å². The Hall–Kier alpha value is -5.48. The van der Waals surface area contributed by atoms with E-state index in [1.54, 1.807) is 0 Å². The third-order valence-electron chi connectivity index (χ3n) is 8.14. The Morgan fingerprint density at radius 2 is 1.17 bits per heavy atom. The minimum absolute atomic E-state index is 0.0776. The van der Waals surface area contributed by atoms with Crippen LogP contribution in [0.5, 0.6) is 0 Å². The van der Waals surface area contributed by atoms with Crippen LogP contribution >= 0.6 is 0 Å². The van der Waals surface area contributed by atoms with Gasteiger partial charge in [0.05, 0.1) is 22.4 Å². The van der Waals surface area contributed by atoms with Crippen LogP contribution in [0.2, 0.25) is 0 Å². The van der Waals surface area contributed by atoms with Gasteiger partial charge in [0.1, 0.15) is 12.0 Å². The van der Waals surface area contributed by atoms with Crippen molar-refractivity contribution < 1.29 is 0 Å². The molecule has 0 aliphatic carbocycles. The Labute approximate surface area is 244 Å². The molecule has 0 spiro atoms. The van der Waals surface area contributed by atoms with Crippen LogP contribution in [0.15, 0.2) is 151 Å². The van der Waals surface area contributed by atoms with Crippen LogP contribution in [-0.2, 0) is 0 Å². The zero-order chi connectivity index (χ0) is 27.9. The highest BCUT2D eigenvalue weighted by molar-refractivity contribution is 6.12. The number of allylic oxidation sites excluding steroid dienone is 1. The smallest absolute Gasteiger partial charge is 0.137 e. The van der Waals surface area contributed by atoms with Gasteiger partial charge in [0.2, 0.25) is 0 Å². The first-order chi connectivity index (χ1) is 20.9. The first-order valence-corrected chi connectivity index (χ1v) is 14.4. The number of aliphatic imine (C=N–C) groups is 1. The van der Waals surface area contributed by atoms with Crippen molar-refractivity contribution in [2.75, 3.05) is 0 Å². The number of nitrogens with zero attached hydrogens (tertiary/aromatic N) is 4. The van der Waals surface area contributed by atoms with Crippen molar-refractivity contribution in [3.8, 4) is 39.5 Å². The van der Waals surface area contributed by atoms with Crippen LogP contribution in [0.25, 0.3) is 61.3 Å². The van der Waals surface area contributed by atoms with E-state index in [4.69, 9.17) is 9.98 Å². The minimum atomic E-state index is -0.0776. The summed E-state index contributed by atoms with van der Waals surface area (Å²) in [5.74, 6) is 0.883. The summed E-state index contributed by atoms with van der Waals surface area (Å²) in [4.78, 5) is 9.93. The molecule has 7 aromatic rings. The van der Waals surface area contributed by atoms with Crippen molar-refractivity contribution in [1.29, 1.82) is 0 Å². The number of benzene rings is 4. The van der Waals surface area contributed by atoms with Crippen molar-refractivity contribution in [1.82, 2.24) is 14.1 Å². The lowest BCUT2D eigenvalue weighted by Gasteiger charge is -2.22. The maximum absolute atomic E-state index is 5.03. The van der Waals surface area contributed by atoms with Crippen LogP contribution < -0.4 is 0 Å². The van der Waals surface area contributed by atoms with Crippen LogP contribution in [0.3, 0.4) is 0 Å². The fourth-order valence-electron chi connectivity index (χ4n) is 6.43. The van der Waals surface area contributed by atoms with Crippen LogP contribution in [0.1, 0.15) is 12.6 Å². The highest BCUT2D eigenvalue weighted by Gasteiger charge is 2.31. The van der Waals surface area contributed by atoms with E-state index in [0.717, 1.165) is 29.1 Å². The molecule has 1 atom stereocenters. The Kier molecular flexibility index (Phi) is 5.89. The van der Waals surface area contributed by atoms with Gasteiger partial charge in [-0.05, 0) is 41.5 Å². The summed E-state index contributed by atoms with van der Waals surface area (Å²) < 4.78 is 4.80. The topological polar surface area (TPSA) is 35.1 Å². The number of hydrogen-bond acceptors (Lipinski definition) is 2. The number of dihydropyridines is 1. The summed E-state index contributed by atoms with van der Waals surface area (Å²) in [6.45, 7) is 0. The molecule has 1 unspecified atom stereocenters. The van der Waals surface area contributed by atoms with Crippen molar-refractivity contribution in [2.24, 2.45) is 4.99 Å². The van der Waals surface area contributed by atoms with Gasteiger partial charge in [-0.1, -0.05) is 109 Å². The van der Waals surface area contributed by atoms with E-state index in [1.165, 1.54) is 38.5 Å². The number of hydrogen-bond donors (Lipinski definition) is 0. The molecule has 0 saturated carbocycles. The normalized spacial score (nSPS) is 14.6. The molecule has 42 heavy (non-hydrogen) atoms. The van der Waals surface area contributed by atoms with Crippen LogP contribution in [0, 0.1) is 0 Å². The van der Waals surface area contributed by atoms with E-state index in [2.05, 4.69) is 137 Å². The Bertz CT molecular complexity index is 2020. The lowest BCUT2D eigenvalue weighted by molar-refractivity contribution is 0.552. The highest BCUT2D eigenvalue weighted by atomic mass is 15.2. The van der Waals surface area contributed by atoms with E-state index in [-0.39, 0.29) is 6.17 Å². The first kappa shape index (κ1) is 24.3. The molecule has 0 radical (unpaired) electrons. The number of rotatable bonds is 5. The van der Waals surface area contributed by atoms with Gasteiger partial charge in [-0.25, -0.2) is 4.98 Å². The SMILES string of the molecule is C1=CCC(n2c(-c3c(-c4ccccc4)c4ccccc4n3-c3ccccn3)c(-c3ccccc3)c3ccccc32)N=C1. The largest absolute Gasteiger partial charge is 0.315 e. The average molecular weight is 541 g/mol. The van der Waals surface area contributed by atoms with E-state index in [9.17, 15) is 0 Å². The summed E-state index contributed by atoms with van der Waals surface area (Å²) in [6.07, 6.45) is 8.80. The molecule has 4 heterocycles. The third kappa shape index (κ3) is 3.84. The molecule has 0 amide bonds. The number of para-hydroxylation sites is 2. The second-order valence-corrected chi connectivity index (χ2v) is 10.5. The molecule has 1 aliphatic rings. The number of pyridine rings is 1. The Morgan fingerprint density at radius 3 is 1.81 bits per heavy atom. The second-order valence-electron chi connectivity index (χ2n) is 10.5. The van der Waals surface area contributed by atoms with Gasteiger partial charge in [0, 0.05) is 40.7 Å². The molecular formula is C38H28N4. The predicted molar refractivity (Wildman–Crippen MR) is 174 cm³/mol. The maximum Gasteiger partial charge on any atom is 0.137 e. The van der Waals surface area contributed by atoms with Gasteiger partial charge >= 0.3 is 0 Å². The van der Waals surface area contributed by atoms with Gasteiger partial charge in [0.25, 0.3) is 0 Å². The molecule has 4 aromatic carbocycles. The Balaban J connectivity index is 1.63. The number of fused-ring (bicyclic) bond motifs is 2. The zero-order valence-corrected chi connectivity index (χ0v) is 23.0. The standard InChI is InChI=1S/C38H28N4/c1-3-15-27(16-4-1)35-29-19-7-9-21-31(29)41(33-23-11-13-25-39-33)37(35)38-36(28-17-5-2-6-18-28)30-20-8-10-22-32(30)42(38)34-24-12-14-26-40-34/h1-23,25-26,34H,24H2. The van der Waals surface area contributed by atoms with Crippen molar-refractivity contribution >= 4 is 28.0 Å². The number of aromatic nitrogens is 3. The zero-order valence-electron chi connectivity index (χ0n) is 23.0. The van der Waals surface area contributed by atoms with E-state index in [1.807, 2.05) is 24.6 Å². The average Bonchev–Trinajstić information content (AvgIpc) is 3.59. The first-order valence-electron chi connectivity index (χ1n) is 14.4.